The van der Waals surface area contributed by atoms with E-state index in [1.807, 2.05) is 5.32 Å². The van der Waals surface area contributed by atoms with Crippen LogP contribution in [0, 0.1) is 0 Å². The Balaban J connectivity index is 1.93. The summed E-state index contributed by atoms with van der Waals surface area (Å²) < 4.78 is 9.77. The number of alkyl carbamates (subject to hydrolysis) is 1. The minimum absolute atomic E-state index is 0.0302. The van der Waals surface area contributed by atoms with Gasteiger partial charge in [0.2, 0.25) is 11.6 Å². The zero-order valence-electron chi connectivity index (χ0n) is 17.0. The number of amides is 4. The third-order valence-corrected chi connectivity index (χ3v) is 4.99. The summed E-state index contributed by atoms with van der Waals surface area (Å²) in [7, 11) is 0. The first kappa shape index (κ1) is 21.3. The lowest BCUT2D eigenvalue weighted by atomic mass is 9.95. The van der Waals surface area contributed by atoms with E-state index >= 15 is 0 Å². The fourth-order valence-electron chi connectivity index (χ4n) is 3.94. The molecule has 2 aliphatic heterocycles. The van der Waals surface area contributed by atoms with Crippen molar-refractivity contribution in [3.63, 3.8) is 0 Å². The molecule has 0 radical (unpaired) electrons. The van der Waals surface area contributed by atoms with Gasteiger partial charge in [-0.25, -0.2) is 9.59 Å². The largest absolute Gasteiger partial charge is 0.452 e. The Morgan fingerprint density at radius 2 is 1.87 bits per heavy atom. The fourth-order valence-corrected chi connectivity index (χ4v) is 3.94. The molecular weight excluding hydrogens is 394 g/mol. The number of esters is 1. The molecule has 3 rings (SSSR count). The van der Waals surface area contributed by atoms with Gasteiger partial charge in [0.25, 0.3) is 11.8 Å². The van der Waals surface area contributed by atoms with Crippen molar-refractivity contribution < 1.29 is 33.4 Å². The summed E-state index contributed by atoms with van der Waals surface area (Å²) in [6, 6.07) is 6.12. The average molecular weight is 417 g/mol. The van der Waals surface area contributed by atoms with E-state index in [1.54, 1.807) is 45.0 Å². The van der Waals surface area contributed by atoms with Crippen LogP contribution < -0.4 is 10.2 Å². The van der Waals surface area contributed by atoms with Crippen molar-refractivity contribution in [3.05, 3.63) is 29.8 Å². The Labute approximate surface area is 173 Å². The molecule has 0 saturated carbocycles. The van der Waals surface area contributed by atoms with E-state index in [0.717, 1.165) is 0 Å². The molecule has 1 fully saturated rings. The van der Waals surface area contributed by atoms with Crippen molar-refractivity contribution in [1.82, 2.24) is 10.2 Å². The normalized spacial score (nSPS) is 20.0. The molecule has 160 valence electrons. The Morgan fingerprint density at radius 3 is 2.53 bits per heavy atom. The number of para-hydroxylation sites is 1. The maximum Gasteiger partial charge on any atom is 0.413 e. The molecule has 1 aromatic carbocycles. The fraction of sp³-hybridized carbons (Fsp3) is 0.450. The van der Waals surface area contributed by atoms with Crippen LogP contribution in [-0.2, 0) is 23.9 Å². The third kappa shape index (κ3) is 3.38. The van der Waals surface area contributed by atoms with Crippen LogP contribution in [0.1, 0.15) is 44.0 Å². The molecule has 30 heavy (non-hydrogen) atoms. The van der Waals surface area contributed by atoms with Crippen LogP contribution in [0.2, 0.25) is 0 Å². The number of imide groups is 1. The third-order valence-electron chi connectivity index (χ3n) is 4.99. The first-order valence-electron chi connectivity index (χ1n) is 9.63. The number of rotatable bonds is 5. The van der Waals surface area contributed by atoms with Gasteiger partial charge in [-0.05, 0) is 32.9 Å². The van der Waals surface area contributed by atoms with E-state index in [0.29, 0.717) is 11.3 Å². The van der Waals surface area contributed by atoms with Gasteiger partial charge in [0.05, 0.1) is 17.9 Å². The van der Waals surface area contributed by atoms with Crippen LogP contribution in [0.15, 0.2) is 24.3 Å². The lowest BCUT2D eigenvalue weighted by Gasteiger charge is -2.50. The Hall–Kier alpha value is -3.43. The molecule has 2 heterocycles. The number of carbonyl (C=O) groups excluding carboxylic acids is 5. The lowest BCUT2D eigenvalue weighted by Crippen LogP contribution is -2.70. The van der Waals surface area contributed by atoms with Crippen LogP contribution in [0.4, 0.5) is 10.5 Å². The molecule has 4 amide bonds. The molecule has 1 N–H and O–H groups in total. The Bertz CT molecular complexity index is 913. The number of hydrogen-bond acceptors (Lipinski definition) is 7. The first-order valence-corrected chi connectivity index (χ1v) is 9.63. The zero-order valence-corrected chi connectivity index (χ0v) is 17.0. The van der Waals surface area contributed by atoms with E-state index in [2.05, 4.69) is 4.74 Å². The molecule has 10 heteroatoms. The molecule has 10 nitrogen and oxygen atoms in total. The highest BCUT2D eigenvalue weighted by molar-refractivity contribution is 6.15. The minimum atomic E-state index is -1.69. The topological polar surface area (TPSA) is 122 Å². The number of hydrogen-bond donors (Lipinski definition) is 1. The van der Waals surface area contributed by atoms with Gasteiger partial charge in [0, 0.05) is 18.9 Å². The maximum atomic E-state index is 13.2. The molecule has 2 aliphatic rings. The predicted octanol–water partition coefficient (Wildman–Crippen LogP) is 1.19. The van der Waals surface area contributed by atoms with Crippen LogP contribution in [-0.4, -0.2) is 59.6 Å². The molecule has 1 aromatic rings. The molecule has 0 unspecified atom stereocenters. The standard InChI is InChI=1S/C20H23N3O7/c1-4-29-19(28)21-15(24)11-30-18(27)20-10-9-16(25)23(20)14-8-6-5-7-13(14)17(26)22(20)12(2)3/h5-8,12H,4,9-11H2,1-3H3,(H,21,24,28)/t20-/m1/s1. The first-order chi connectivity index (χ1) is 14.2. The number of ether oxygens (including phenoxy) is 2. The van der Waals surface area contributed by atoms with Crippen molar-refractivity contribution >= 4 is 35.5 Å². The van der Waals surface area contributed by atoms with Crippen molar-refractivity contribution in [1.29, 1.82) is 0 Å². The number of fused-ring (bicyclic) bond motifs is 3. The number of anilines is 1. The SMILES string of the molecule is CCOC(=O)NC(=O)COC(=O)[C@@]12CCC(=O)N1c1ccccc1C(=O)N2C(C)C. The molecule has 1 saturated heterocycles. The summed E-state index contributed by atoms with van der Waals surface area (Å²) >= 11 is 0. The summed E-state index contributed by atoms with van der Waals surface area (Å²) in [6.45, 7) is 4.35. The summed E-state index contributed by atoms with van der Waals surface area (Å²) in [4.78, 5) is 65.0. The highest BCUT2D eigenvalue weighted by Crippen LogP contribution is 2.45. The van der Waals surface area contributed by atoms with Crippen LogP contribution in [0.3, 0.4) is 0 Å². The average Bonchev–Trinajstić information content (AvgIpc) is 3.04. The van der Waals surface area contributed by atoms with Gasteiger partial charge in [-0.15, -0.1) is 0 Å². The second-order valence-electron chi connectivity index (χ2n) is 7.18. The van der Waals surface area contributed by atoms with Gasteiger partial charge in [-0.1, -0.05) is 12.1 Å². The van der Waals surface area contributed by atoms with Gasteiger partial charge in [-0.2, -0.15) is 0 Å². The van der Waals surface area contributed by atoms with Crippen LogP contribution in [0.5, 0.6) is 0 Å². The van der Waals surface area contributed by atoms with Gasteiger partial charge in [0.15, 0.2) is 6.61 Å². The number of carbonyl (C=O) groups is 5. The van der Waals surface area contributed by atoms with Crippen molar-refractivity contribution in [3.8, 4) is 0 Å². The Morgan fingerprint density at radius 1 is 1.17 bits per heavy atom. The van der Waals surface area contributed by atoms with Crippen molar-refractivity contribution in [2.24, 2.45) is 0 Å². The van der Waals surface area contributed by atoms with Crippen molar-refractivity contribution in [2.75, 3.05) is 18.1 Å². The van der Waals surface area contributed by atoms with Crippen LogP contribution >= 0.6 is 0 Å². The summed E-state index contributed by atoms with van der Waals surface area (Å²) in [6.07, 6.45) is -0.892. The molecule has 0 bridgehead atoms. The number of nitrogens with zero attached hydrogens (tertiary/aromatic N) is 2. The second kappa shape index (κ2) is 8.13. The minimum Gasteiger partial charge on any atom is -0.452 e. The van der Waals surface area contributed by atoms with Gasteiger partial charge in [-0.3, -0.25) is 24.6 Å². The van der Waals surface area contributed by atoms with E-state index in [-0.39, 0.29) is 25.4 Å². The van der Waals surface area contributed by atoms with Gasteiger partial charge >= 0.3 is 12.1 Å². The highest BCUT2D eigenvalue weighted by atomic mass is 16.6. The molecule has 0 aromatic heterocycles. The zero-order chi connectivity index (χ0) is 22.1. The number of benzene rings is 1. The second-order valence-corrected chi connectivity index (χ2v) is 7.18. The lowest BCUT2D eigenvalue weighted by molar-refractivity contribution is -0.161. The summed E-state index contributed by atoms with van der Waals surface area (Å²) in [5.74, 6) is -2.52. The van der Waals surface area contributed by atoms with Crippen molar-refractivity contribution in [2.45, 2.75) is 45.3 Å². The molecule has 0 aliphatic carbocycles. The van der Waals surface area contributed by atoms with E-state index in [1.165, 1.54) is 9.80 Å². The predicted molar refractivity (Wildman–Crippen MR) is 103 cm³/mol. The molecular formula is C20H23N3O7. The summed E-state index contributed by atoms with van der Waals surface area (Å²) in [5.41, 5.74) is -1.05. The van der Waals surface area contributed by atoms with Gasteiger partial charge < -0.3 is 14.4 Å². The van der Waals surface area contributed by atoms with Gasteiger partial charge in [0.1, 0.15) is 0 Å². The smallest absolute Gasteiger partial charge is 0.413 e. The van der Waals surface area contributed by atoms with E-state index in [9.17, 15) is 24.0 Å². The summed E-state index contributed by atoms with van der Waals surface area (Å²) in [5, 5.41) is 1.93. The molecule has 1 atom stereocenters. The highest BCUT2D eigenvalue weighted by Gasteiger charge is 2.62. The Kier molecular flexibility index (Phi) is 5.77. The quantitative estimate of drug-likeness (QED) is 0.714. The van der Waals surface area contributed by atoms with Crippen LogP contribution in [0.25, 0.3) is 0 Å². The monoisotopic (exact) mass is 417 g/mol. The maximum absolute atomic E-state index is 13.2. The molecule has 0 spiro atoms. The number of nitrogens with one attached hydrogen (secondary N) is 1. The van der Waals surface area contributed by atoms with E-state index in [4.69, 9.17) is 4.74 Å². The van der Waals surface area contributed by atoms with E-state index < -0.39 is 42.2 Å².